The molecule has 0 amide bonds. The van der Waals surface area contributed by atoms with Crippen molar-refractivity contribution < 1.29 is 19.3 Å². The lowest BCUT2D eigenvalue weighted by atomic mass is 10.1. The zero-order valence-electron chi connectivity index (χ0n) is 11.8. The minimum absolute atomic E-state index is 0.163. The highest BCUT2D eigenvalue weighted by Crippen LogP contribution is 2.31. The van der Waals surface area contributed by atoms with E-state index in [0.717, 1.165) is 18.4 Å². The molecule has 19 heavy (non-hydrogen) atoms. The molecule has 1 heterocycles. The smallest absolute Gasteiger partial charge is 0.161 e. The Morgan fingerprint density at radius 1 is 1.37 bits per heavy atom. The van der Waals surface area contributed by atoms with Crippen LogP contribution in [0, 0.1) is 0 Å². The molecule has 1 aliphatic heterocycles. The van der Waals surface area contributed by atoms with Crippen LogP contribution in [0.15, 0.2) is 18.2 Å². The summed E-state index contributed by atoms with van der Waals surface area (Å²) in [5.74, 6) is 1.33. The normalized spacial score (nSPS) is 24.2. The van der Waals surface area contributed by atoms with Gasteiger partial charge in [-0.2, -0.15) is 0 Å². The summed E-state index contributed by atoms with van der Waals surface area (Å²) in [7, 11) is 1.60. The van der Waals surface area contributed by atoms with Crippen LogP contribution >= 0.6 is 0 Å². The lowest BCUT2D eigenvalue weighted by Crippen LogP contribution is -2.18. The topological polar surface area (TPSA) is 47.9 Å². The van der Waals surface area contributed by atoms with Crippen molar-refractivity contribution in [3.63, 3.8) is 0 Å². The van der Waals surface area contributed by atoms with E-state index in [1.54, 1.807) is 20.1 Å². The van der Waals surface area contributed by atoms with Crippen LogP contribution < -0.4 is 9.47 Å². The predicted molar refractivity (Wildman–Crippen MR) is 72.7 cm³/mol. The van der Waals surface area contributed by atoms with E-state index < -0.39 is 6.10 Å². The Kier molecular flexibility index (Phi) is 4.66. The Morgan fingerprint density at radius 3 is 2.74 bits per heavy atom. The molecule has 0 aliphatic carbocycles. The molecule has 0 bridgehead atoms. The molecule has 4 nitrogen and oxygen atoms in total. The van der Waals surface area contributed by atoms with E-state index in [-0.39, 0.29) is 6.10 Å². The molecule has 1 aliphatic rings. The van der Waals surface area contributed by atoms with E-state index in [1.807, 2.05) is 12.1 Å². The molecule has 1 saturated heterocycles. The van der Waals surface area contributed by atoms with Crippen LogP contribution in [0.1, 0.15) is 38.4 Å². The van der Waals surface area contributed by atoms with Gasteiger partial charge in [-0.1, -0.05) is 6.07 Å². The van der Waals surface area contributed by atoms with Crippen molar-refractivity contribution in [2.24, 2.45) is 0 Å². The molecule has 1 aromatic carbocycles. The molecule has 0 spiro atoms. The fourth-order valence-corrected chi connectivity index (χ4v) is 2.25. The van der Waals surface area contributed by atoms with Crippen LogP contribution in [-0.2, 0) is 4.74 Å². The molecule has 0 saturated carbocycles. The Bertz CT molecular complexity index is 417. The number of methoxy groups -OCH3 is 1. The van der Waals surface area contributed by atoms with Crippen LogP contribution in [0.3, 0.4) is 0 Å². The summed E-state index contributed by atoms with van der Waals surface area (Å²) in [6.45, 7) is 4.34. The van der Waals surface area contributed by atoms with Crippen LogP contribution in [0.5, 0.6) is 11.5 Å². The van der Waals surface area contributed by atoms with E-state index in [0.29, 0.717) is 24.2 Å². The Labute approximate surface area is 114 Å². The molecule has 3 atom stereocenters. The third-order valence-electron chi connectivity index (χ3n) is 3.41. The maximum absolute atomic E-state index is 9.55. The van der Waals surface area contributed by atoms with Gasteiger partial charge in [-0.3, -0.25) is 0 Å². The summed E-state index contributed by atoms with van der Waals surface area (Å²) in [6, 6.07) is 5.48. The molecular formula is C15H22O4. The van der Waals surface area contributed by atoms with Gasteiger partial charge in [0.2, 0.25) is 0 Å². The zero-order valence-corrected chi connectivity index (χ0v) is 11.8. The third-order valence-corrected chi connectivity index (χ3v) is 3.41. The fourth-order valence-electron chi connectivity index (χ4n) is 2.25. The van der Waals surface area contributed by atoms with E-state index >= 15 is 0 Å². The summed E-state index contributed by atoms with van der Waals surface area (Å²) in [6.07, 6.45) is 2.10. The fraction of sp³-hybridized carbons (Fsp3) is 0.600. The summed E-state index contributed by atoms with van der Waals surface area (Å²) in [5.41, 5.74) is 0.815. The molecule has 2 unspecified atom stereocenters. The van der Waals surface area contributed by atoms with Gasteiger partial charge in [0.15, 0.2) is 11.5 Å². The van der Waals surface area contributed by atoms with Gasteiger partial charge in [-0.05, 0) is 44.4 Å². The lowest BCUT2D eigenvalue weighted by Gasteiger charge is -2.16. The highest BCUT2D eigenvalue weighted by Gasteiger charge is 2.22. The maximum atomic E-state index is 9.55. The number of aliphatic hydroxyl groups is 1. The van der Waals surface area contributed by atoms with Gasteiger partial charge in [0.05, 0.1) is 25.4 Å². The Morgan fingerprint density at radius 2 is 2.16 bits per heavy atom. The summed E-state index contributed by atoms with van der Waals surface area (Å²) in [4.78, 5) is 0. The second kappa shape index (κ2) is 6.26. The zero-order chi connectivity index (χ0) is 13.8. The van der Waals surface area contributed by atoms with E-state index in [4.69, 9.17) is 14.2 Å². The number of rotatable bonds is 5. The first-order chi connectivity index (χ1) is 9.10. The average molecular weight is 266 g/mol. The van der Waals surface area contributed by atoms with Crippen LogP contribution in [0.4, 0.5) is 0 Å². The Balaban J connectivity index is 1.99. The van der Waals surface area contributed by atoms with Crippen molar-refractivity contribution in [1.82, 2.24) is 0 Å². The summed E-state index contributed by atoms with van der Waals surface area (Å²) >= 11 is 0. The first kappa shape index (κ1) is 14.2. The molecule has 1 fully saturated rings. The van der Waals surface area contributed by atoms with Gasteiger partial charge >= 0.3 is 0 Å². The number of hydrogen-bond acceptors (Lipinski definition) is 4. The molecule has 0 radical (unpaired) electrons. The molecule has 2 rings (SSSR count). The first-order valence-corrected chi connectivity index (χ1v) is 6.74. The molecule has 106 valence electrons. The molecule has 4 heteroatoms. The highest BCUT2D eigenvalue weighted by molar-refractivity contribution is 5.43. The number of ether oxygens (including phenoxy) is 3. The largest absolute Gasteiger partial charge is 0.493 e. The quantitative estimate of drug-likeness (QED) is 0.890. The highest BCUT2D eigenvalue weighted by atomic mass is 16.6. The van der Waals surface area contributed by atoms with Crippen LogP contribution in [-0.4, -0.2) is 31.0 Å². The van der Waals surface area contributed by atoms with Gasteiger partial charge in [-0.25, -0.2) is 0 Å². The molecule has 0 aromatic heterocycles. The van der Waals surface area contributed by atoms with Crippen molar-refractivity contribution in [1.29, 1.82) is 0 Å². The summed E-state index contributed by atoms with van der Waals surface area (Å²) in [5, 5.41) is 9.55. The standard InChI is InChI=1S/C15H22O4/c1-10-4-6-13(19-10)9-18-14-7-5-12(11(2)16)8-15(14)17-3/h5,7-8,10-11,13,16H,4,6,9H2,1-3H3/t10?,11-,13?/m0/s1. The molecule has 1 aromatic rings. The maximum Gasteiger partial charge on any atom is 0.161 e. The van der Waals surface area contributed by atoms with Crippen molar-refractivity contribution in [2.45, 2.75) is 45.0 Å². The lowest BCUT2D eigenvalue weighted by molar-refractivity contribution is 0.0259. The van der Waals surface area contributed by atoms with Gasteiger partial charge in [0, 0.05) is 0 Å². The average Bonchev–Trinajstić information content (AvgIpc) is 2.81. The van der Waals surface area contributed by atoms with Gasteiger partial charge in [0.25, 0.3) is 0 Å². The van der Waals surface area contributed by atoms with Crippen molar-refractivity contribution in [2.75, 3.05) is 13.7 Å². The van der Waals surface area contributed by atoms with Crippen molar-refractivity contribution >= 4 is 0 Å². The number of hydrogen-bond donors (Lipinski definition) is 1. The van der Waals surface area contributed by atoms with Gasteiger partial charge < -0.3 is 19.3 Å². The minimum atomic E-state index is -0.512. The van der Waals surface area contributed by atoms with Crippen molar-refractivity contribution in [3.05, 3.63) is 23.8 Å². The third kappa shape index (κ3) is 3.61. The monoisotopic (exact) mass is 266 g/mol. The second-order valence-electron chi connectivity index (χ2n) is 5.04. The van der Waals surface area contributed by atoms with Crippen molar-refractivity contribution in [3.8, 4) is 11.5 Å². The molecule has 1 N–H and O–H groups in total. The van der Waals surface area contributed by atoms with Gasteiger partial charge in [0.1, 0.15) is 6.61 Å². The number of aliphatic hydroxyl groups excluding tert-OH is 1. The second-order valence-corrected chi connectivity index (χ2v) is 5.04. The van der Waals surface area contributed by atoms with E-state index in [9.17, 15) is 5.11 Å². The van der Waals surface area contributed by atoms with E-state index in [1.165, 1.54) is 0 Å². The van der Waals surface area contributed by atoms with Crippen LogP contribution in [0.25, 0.3) is 0 Å². The minimum Gasteiger partial charge on any atom is -0.493 e. The van der Waals surface area contributed by atoms with Gasteiger partial charge in [-0.15, -0.1) is 0 Å². The van der Waals surface area contributed by atoms with E-state index in [2.05, 4.69) is 6.92 Å². The van der Waals surface area contributed by atoms with Crippen LogP contribution in [0.2, 0.25) is 0 Å². The Hall–Kier alpha value is -1.26. The SMILES string of the molecule is COc1cc([C@H](C)O)ccc1OCC1CCC(C)O1. The summed E-state index contributed by atoms with van der Waals surface area (Å²) < 4.78 is 16.8. The molecular weight excluding hydrogens is 244 g/mol. The number of benzene rings is 1. The predicted octanol–water partition coefficient (Wildman–Crippen LogP) is 2.69. The first-order valence-electron chi connectivity index (χ1n) is 6.74.